The van der Waals surface area contributed by atoms with Crippen LogP contribution in [-0.4, -0.2) is 25.0 Å². The van der Waals surface area contributed by atoms with E-state index in [1.165, 1.54) is 0 Å². The number of hydrogen-bond acceptors (Lipinski definition) is 3. The molecule has 108 valence electrons. The van der Waals surface area contributed by atoms with E-state index in [0.29, 0.717) is 18.7 Å². The van der Waals surface area contributed by atoms with Crippen LogP contribution in [0.3, 0.4) is 0 Å². The second-order valence-corrected chi connectivity index (χ2v) is 6.83. The van der Waals surface area contributed by atoms with Gasteiger partial charge < -0.3 is 0 Å². The average molecular weight is 313 g/mol. The highest BCUT2D eigenvalue weighted by Crippen LogP contribution is 2.15. The molecule has 2 aromatic rings. The molecule has 1 N–H and O–H groups in total. The summed E-state index contributed by atoms with van der Waals surface area (Å²) in [6.45, 7) is 0.261. The van der Waals surface area contributed by atoms with Crippen molar-refractivity contribution in [2.24, 2.45) is 0 Å². The van der Waals surface area contributed by atoms with Gasteiger partial charge in [-0.25, -0.2) is 13.1 Å². The molecule has 0 amide bonds. The number of pyridine rings is 1. The summed E-state index contributed by atoms with van der Waals surface area (Å²) in [7, 11) is -3.26. The molecule has 1 heterocycles. The fraction of sp³-hybridized carbons (Fsp3) is 0.357. The first-order chi connectivity index (χ1) is 9.62. The van der Waals surface area contributed by atoms with E-state index < -0.39 is 10.0 Å². The predicted molar refractivity (Wildman–Crippen MR) is 82.3 cm³/mol. The van der Waals surface area contributed by atoms with Crippen molar-refractivity contribution >= 4 is 32.5 Å². The van der Waals surface area contributed by atoms with Crippen molar-refractivity contribution in [2.75, 3.05) is 11.6 Å². The fourth-order valence-corrected chi connectivity index (χ4v) is 3.25. The van der Waals surface area contributed by atoms with Crippen molar-refractivity contribution < 1.29 is 8.42 Å². The van der Waals surface area contributed by atoms with Gasteiger partial charge in [-0.3, -0.25) is 4.98 Å². The van der Waals surface area contributed by atoms with Crippen molar-refractivity contribution in [2.45, 2.75) is 19.4 Å². The maximum absolute atomic E-state index is 11.8. The molecule has 0 bridgehead atoms. The molecule has 0 unspecified atom stereocenters. The zero-order valence-electron chi connectivity index (χ0n) is 11.0. The van der Waals surface area contributed by atoms with Gasteiger partial charge in [0.25, 0.3) is 0 Å². The van der Waals surface area contributed by atoms with Gasteiger partial charge in [0.15, 0.2) is 0 Å². The highest BCUT2D eigenvalue weighted by atomic mass is 35.5. The Morgan fingerprint density at radius 3 is 2.75 bits per heavy atom. The SMILES string of the molecule is O=S(=O)(CCCCCl)NCc1cccc2cccnc12. The molecule has 0 aliphatic carbocycles. The molecule has 6 heteroatoms. The fourth-order valence-electron chi connectivity index (χ4n) is 1.96. The number of sulfonamides is 1. The summed E-state index contributed by atoms with van der Waals surface area (Å²) in [6, 6.07) is 9.57. The van der Waals surface area contributed by atoms with Crippen LogP contribution in [0.2, 0.25) is 0 Å². The molecular formula is C14H17ClN2O2S. The van der Waals surface area contributed by atoms with Gasteiger partial charge in [-0.1, -0.05) is 24.3 Å². The lowest BCUT2D eigenvalue weighted by atomic mass is 10.1. The maximum atomic E-state index is 11.8. The maximum Gasteiger partial charge on any atom is 0.211 e. The van der Waals surface area contributed by atoms with Gasteiger partial charge >= 0.3 is 0 Å². The Balaban J connectivity index is 2.06. The second kappa shape index (κ2) is 7.02. The Hall–Kier alpha value is -1.17. The Bertz CT molecular complexity index is 668. The number of benzene rings is 1. The summed E-state index contributed by atoms with van der Waals surface area (Å²) >= 11 is 5.55. The van der Waals surface area contributed by atoms with E-state index in [0.717, 1.165) is 16.5 Å². The molecule has 20 heavy (non-hydrogen) atoms. The summed E-state index contributed by atoms with van der Waals surface area (Å²) in [5.41, 5.74) is 1.71. The number of alkyl halides is 1. The number of nitrogens with zero attached hydrogens (tertiary/aromatic N) is 1. The molecule has 0 spiro atoms. The third-order valence-electron chi connectivity index (χ3n) is 3.00. The summed E-state index contributed by atoms with van der Waals surface area (Å²) in [6.07, 6.45) is 2.99. The number of unbranched alkanes of at least 4 members (excludes halogenated alkanes) is 1. The molecule has 0 fully saturated rings. The normalized spacial score (nSPS) is 11.8. The Kier molecular flexibility index (Phi) is 5.34. The third kappa shape index (κ3) is 4.16. The number of halogens is 1. The van der Waals surface area contributed by atoms with Crippen molar-refractivity contribution in [3.63, 3.8) is 0 Å². The number of rotatable bonds is 7. The quantitative estimate of drug-likeness (QED) is 0.631. The van der Waals surface area contributed by atoms with Crippen molar-refractivity contribution in [3.05, 3.63) is 42.1 Å². The Labute approximate surface area is 124 Å². The molecule has 4 nitrogen and oxygen atoms in total. The lowest BCUT2D eigenvalue weighted by Crippen LogP contribution is -2.26. The lowest BCUT2D eigenvalue weighted by molar-refractivity contribution is 0.578. The van der Waals surface area contributed by atoms with E-state index in [9.17, 15) is 8.42 Å². The minimum Gasteiger partial charge on any atom is -0.256 e. The van der Waals surface area contributed by atoms with Crippen LogP contribution in [0.1, 0.15) is 18.4 Å². The molecule has 0 aliphatic heterocycles. The van der Waals surface area contributed by atoms with E-state index in [1.807, 2.05) is 30.3 Å². The molecule has 1 aromatic carbocycles. The van der Waals surface area contributed by atoms with Gasteiger partial charge in [-0.2, -0.15) is 0 Å². The third-order valence-corrected chi connectivity index (χ3v) is 4.67. The number of aromatic nitrogens is 1. The summed E-state index contributed by atoms with van der Waals surface area (Å²) < 4.78 is 26.3. The van der Waals surface area contributed by atoms with Gasteiger partial charge in [-0.15, -0.1) is 11.6 Å². The van der Waals surface area contributed by atoms with E-state index in [-0.39, 0.29) is 12.3 Å². The van der Waals surface area contributed by atoms with Crippen LogP contribution in [-0.2, 0) is 16.6 Å². The smallest absolute Gasteiger partial charge is 0.211 e. The van der Waals surface area contributed by atoms with Crippen LogP contribution >= 0.6 is 11.6 Å². The second-order valence-electron chi connectivity index (χ2n) is 4.53. The zero-order chi connectivity index (χ0) is 14.4. The van der Waals surface area contributed by atoms with Crippen LogP contribution in [0.15, 0.2) is 36.5 Å². The molecule has 2 rings (SSSR count). The van der Waals surface area contributed by atoms with E-state index in [2.05, 4.69) is 9.71 Å². The molecular weight excluding hydrogens is 296 g/mol. The van der Waals surface area contributed by atoms with Crippen LogP contribution in [0.25, 0.3) is 10.9 Å². The number of nitrogens with one attached hydrogen (secondary N) is 1. The van der Waals surface area contributed by atoms with Crippen LogP contribution in [0.5, 0.6) is 0 Å². The number of para-hydroxylation sites is 1. The van der Waals surface area contributed by atoms with Crippen molar-refractivity contribution in [1.29, 1.82) is 0 Å². The van der Waals surface area contributed by atoms with Gasteiger partial charge in [0.1, 0.15) is 0 Å². The van der Waals surface area contributed by atoms with E-state index >= 15 is 0 Å². The largest absolute Gasteiger partial charge is 0.256 e. The monoisotopic (exact) mass is 312 g/mol. The zero-order valence-corrected chi connectivity index (χ0v) is 12.6. The molecule has 0 saturated carbocycles. The van der Waals surface area contributed by atoms with Crippen LogP contribution in [0.4, 0.5) is 0 Å². The van der Waals surface area contributed by atoms with Crippen LogP contribution in [0, 0.1) is 0 Å². The molecule has 0 atom stereocenters. The molecule has 1 aromatic heterocycles. The number of hydrogen-bond donors (Lipinski definition) is 1. The van der Waals surface area contributed by atoms with Crippen molar-refractivity contribution in [3.8, 4) is 0 Å². The minimum absolute atomic E-state index is 0.109. The Morgan fingerprint density at radius 2 is 1.95 bits per heavy atom. The molecule has 0 radical (unpaired) electrons. The van der Waals surface area contributed by atoms with E-state index in [4.69, 9.17) is 11.6 Å². The minimum atomic E-state index is -3.26. The summed E-state index contributed by atoms with van der Waals surface area (Å²) in [5, 5.41) is 1.01. The van der Waals surface area contributed by atoms with Crippen molar-refractivity contribution in [1.82, 2.24) is 9.71 Å². The summed E-state index contributed by atoms with van der Waals surface area (Å²) in [5.74, 6) is 0.598. The predicted octanol–water partition coefficient (Wildman–Crippen LogP) is 2.67. The first kappa shape index (κ1) is 15.2. The molecule has 0 aliphatic rings. The van der Waals surface area contributed by atoms with Gasteiger partial charge in [-0.05, 0) is 24.5 Å². The Morgan fingerprint density at radius 1 is 1.15 bits per heavy atom. The average Bonchev–Trinajstić information content (AvgIpc) is 2.45. The first-order valence-electron chi connectivity index (χ1n) is 6.48. The highest BCUT2D eigenvalue weighted by Gasteiger charge is 2.10. The summed E-state index contributed by atoms with van der Waals surface area (Å²) in [4.78, 5) is 4.30. The van der Waals surface area contributed by atoms with Gasteiger partial charge in [0, 0.05) is 24.0 Å². The first-order valence-corrected chi connectivity index (χ1v) is 8.67. The highest BCUT2D eigenvalue weighted by molar-refractivity contribution is 7.89. The van der Waals surface area contributed by atoms with Gasteiger partial charge in [0.2, 0.25) is 10.0 Å². The van der Waals surface area contributed by atoms with Gasteiger partial charge in [0.05, 0.1) is 11.3 Å². The van der Waals surface area contributed by atoms with E-state index in [1.54, 1.807) is 6.20 Å². The number of fused-ring (bicyclic) bond motifs is 1. The lowest BCUT2D eigenvalue weighted by Gasteiger charge is -2.08. The molecule has 0 saturated heterocycles. The standard InChI is InChI=1S/C14H17ClN2O2S/c15-8-1-2-10-20(18,19)17-11-13-6-3-5-12-7-4-9-16-14(12)13/h3-7,9,17H,1-2,8,10-11H2. The topological polar surface area (TPSA) is 59.1 Å². The van der Waals surface area contributed by atoms with Crippen LogP contribution < -0.4 is 4.72 Å².